The largest absolute Gasteiger partial charge is 0.489 e. The number of amides is 1. The van der Waals surface area contributed by atoms with Gasteiger partial charge in [0.1, 0.15) is 23.2 Å². The molecule has 0 saturated carbocycles. The molecule has 184 valence electrons. The summed E-state index contributed by atoms with van der Waals surface area (Å²) in [5, 5.41) is 2.21. The first-order chi connectivity index (χ1) is 17.5. The van der Waals surface area contributed by atoms with Gasteiger partial charge in [-0.25, -0.2) is 14.2 Å². The van der Waals surface area contributed by atoms with E-state index in [1.807, 2.05) is 54.6 Å². The van der Waals surface area contributed by atoms with Crippen molar-refractivity contribution < 1.29 is 23.5 Å². The maximum absolute atomic E-state index is 13.4. The van der Waals surface area contributed by atoms with Gasteiger partial charge in [-0.1, -0.05) is 42.5 Å². The highest BCUT2D eigenvalue weighted by Gasteiger charge is 2.20. The van der Waals surface area contributed by atoms with Crippen LogP contribution in [0.1, 0.15) is 43.9 Å². The summed E-state index contributed by atoms with van der Waals surface area (Å²) in [5.74, 6) is -0.462. The third-order valence-corrected chi connectivity index (χ3v) is 6.12. The lowest BCUT2D eigenvalue weighted by molar-refractivity contribution is 0.0520. The number of rotatable bonds is 10. The SMILES string of the molecule is CCOC(=O)c1csc(CN(Cc2ccc(OCc3ccccc3)cc2)C(=O)c2ccc(F)cc2)n1. The fraction of sp³-hybridized carbons (Fsp3) is 0.179. The predicted molar refractivity (Wildman–Crippen MR) is 135 cm³/mol. The van der Waals surface area contributed by atoms with Crippen molar-refractivity contribution >= 4 is 23.2 Å². The van der Waals surface area contributed by atoms with E-state index in [4.69, 9.17) is 9.47 Å². The summed E-state index contributed by atoms with van der Waals surface area (Å²) in [4.78, 5) is 31.2. The third-order valence-electron chi connectivity index (χ3n) is 5.29. The number of aromatic nitrogens is 1. The summed E-state index contributed by atoms with van der Waals surface area (Å²) in [5.41, 5.74) is 2.54. The van der Waals surface area contributed by atoms with E-state index in [0.29, 0.717) is 23.7 Å². The Kier molecular flexibility index (Phi) is 8.41. The second kappa shape index (κ2) is 12.1. The van der Waals surface area contributed by atoms with Gasteiger partial charge in [0, 0.05) is 17.5 Å². The first kappa shape index (κ1) is 25.1. The standard InChI is InChI=1S/C28H25FN2O4S/c1-2-34-28(33)25-19-36-26(30-25)17-31(27(32)22-10-12-23(29)13-11-22)16-20-8-14-24(15-9-20)35-18-21-6-4-3-5-7-21/h3-15,19H,2,16-18H2,1H3. The molecule has 6 nitrogen and oxygen atoms in total. The zero-order chi connectivity index (χ0) is 25.3. The van der Waals surface area contributed by atoms with Gasteiger partial charge in [-0.15, -0.1) is 11.3 Å². The molecule has 3 aromatic carbocycles. The van der Waals surface area contributed by atoms with Crippen molar-refractivity contribution in [2.45, 2.75) is 26.6 Å². The second-order valence-electron chi connectivity index (χ2n) is 7.93. The molecule has 0 spiro atoms. The number of carbonyl (C=O) groups excluding carboxylic acids is 2. The number of ether oxygens (including phenoxy) is 2. The van der Waals surface area contributed by atoms with E-state index in [2.05, 4.69) is 4.98 Å². The Morgan fingerprint density at radius 3 is 2.33 bits per heavy atom. The Hall–Kier alpha value is -4.04. The van der Waals surface area contributed by atoms with Crippen LogP contribution >= 0.6 is 11.3 Å². The Morgan fingerprint density at radius 2 is 1.64 bits per heavy atom. The Balaban J connectivity index is 1.48. The van der Waals surface area contributed by atoms with Gasteiger partial charge < -0.3 is 14.4 Å². The number of hydrogen-bond donors (Lipinski definition) is 0. The van der Waals surface area contributed by atoms with Gasteiger partial charge in [-0.2, -0.15) is 0 Å². The molecule has 0 saturated heterocycles. The van der Waals surface area contributed by atoms with E-state index in [1.54, 1.807) is 17.2 Å². The smallest absolute Gasteiger partial charge is 0.357 e. The second-order valence-corrected chi connectivity index (χ2v) is 8.88. The van der Waals surface area contributed by atoms with E-state index in [-0.39, 0.29) is 24.8 Å². The number of benzene rings is 3. The van der Waals surface area contributed by atoms with Gasteiger partial charge in [0.2, 0.25) is 0 Å². The minimum Gasteiger partial charge on any atom is -0.489 e. The van der Waals surface area contributed by atoms with E-state index >= 15 is 0 Å². The minimum atomic E-state index is -0.498. The fourth-order valence-electron chi connectivity index (χ4n) is 3.47. The van der Waals surface area contributed by atoms with Crippen molar-refractivity contribution in [2.75, 3.05) is 6.61 Å². The van der Waals surface area contributed by atoms with Crippen molar-refractivity contribution in [3.05, 3.63) is 117 Å². The molecular weight excluding hydrogens is 479 g/mol. The lowest BCUT2D eigenvalue weighted by Crippen LogP contribution is -2.30. The van der Waals surface area contributed by atoms with E-state index in [1.165, 1.54) is 35.6 Å². The van der Waals surface area contributed by atoms with E-state index in [9.17, 15) is 14.0 Å². The van der Waals surface area contributed by atoms with Gasteiger partial charge in [-0.3, -0.25) is 4.79 Å². The van der Waals surface area contributed by atoms with Crippen LogP contribution in [0, 0.1) is 5.82 Å². The first-order valence-corrected chi connectivity index (χ1v) is 12.3. The lowest BCUT2D eigenvalue weighted by atomic mass is 10.1. The van der Waals surface area contributed by atoms with Gasteiger partial charge in [0.05, 0.1) is 13.2 Å². The highest BCUT2D eigenvalue weighted by atomic mass is 32.1. The highest BCUT2D eigenvalue weighted by molar-refractivity contribution is 7.09. The molecule has 0 fully saturated rings. The third kappa shape index (κ3) is 6.76. The molecule has 8 heteroatoms. The molecule has 4 rings (SSSR count). The fourth-order valence-corrected chi connectivity index (χ4v) is 4.25. The van der Waals surface area contributed by atoms with Crippen LogP contribution in [0.25, 0.3) is 0 Å². The molecule has 0 radical (unpaired) electrons. The number of carbonyl (C=O) groups is 2. The molecule has 0 unspecified atom stereocenters. The van der Waals surface area contributed by atoms with Crippen molar-refractivity contribution in [3.63, 3.8) is 0 Å². The molecule has 0 aliphatic carbocycles. The number of thiazole rings is 1. The highest BCUT2D eigenvalue weighted by Crippen LogP contribution is 2.20. The summed E-state index contributed by atoms with van der Waals surface area (Å²) < 4.78 is 24.3. The summed E-state index contributed by atoms with van der Waals surface area (Å²) >= 11 is 1.28. The van der Waals surface area contributed by atoms with Crippen LogP contribution in [0.2, 0.25) is 0 Å². The molecule has 36 heavy (non-hydrogen) atoms. The van der Waals surface area contributed by atoms with E-state index in [0.717, 1.165) is 16.9 Å². The Labute approximate surface area is 212 Å². The van der Waals surface area contributed by atoms with Crippen LogP contribution < -0.4 is 4.74 Å². The summed E-state index contributed by atoms with van der Waals surface area (Å²) in [6, 6.07) is 22.8. The van der Waals surface area contributed by atoms with Crippen molar-refractivity contribution in [1.29, 1.82) is 0 Å². The van der Waals surface area contributed by atoms with Gasteiger partial charge >= 0.3 is 5.97 Å². The topological polar surface area (TPSA) is 68.7 Å². The van der Waals surface area contributed by atoms with Crippen LogP contribution in [-0.2, 0) is 24.4 Å². The van der Waals surface area contributed by atoms with Crippen LogP contribution in [0.4, 0.5) is 4.39 Å². The maximum atomic E-state index is 13.4. The average molecular weight is 505 g/mol. The maximum Gasteiger partial charge on any atom is 0.357 e. The zero-order valence-electron chi connectivity index (χ0n) is 19.7. The molecule has 1 aromatic heterocycles. The molecule has 0 atom stereocenters. The molecule has 1 amide bonds. The van der Waals surface area contributed by atoms with Crippen molar-refractivity contribution in [2.24, 2.45) is 0 Å². The molecule has 4 aromatic rings. The van der Waals surface area contributed by atoms with Crippen LogP contribution in [-0.4, -0.2) is 28.4 Å². The molecule has 0 aliphatic rings. The monoisotopic (exact) mass is 504 g/mol. The summed E-state index contributed by atoms with van der Waals surface area (Å²) in [6.07, 6.45) is 0. The van der Waals surface area contributed by atoms with Gasteiger partial charge in [-0.05, 0) is 54.4 Å². The van der Waals surface area contributed by atoms with Gasteiger partial charge in [0.25, 0.3) is 5.91 Å². The zero-order valence-corrected chi connectivity index (χ0v) is 20.5. The van der Waals surface area contributed by atoms with Gasteiger partial charge in [0.15, 0.2) is 5.69 Å². The van der Waals surface area contributed by atoms with Crippen LogP contribution in [0.3, 0.4) is 0 Å². The molecular formula is C28H25FN2O4S. The quantitative estimate of drug-likeness (QED) is 0.252. The summed E-state index contributed by atoms with van der Waals surface area (Å²) in [7, 11) is 0. The Bertz CT molecular complexity index is 1290. The van der Waals surface area contributed by atoms with Crippen molar-refractivity contribution in [3.8, 4) is 5.75 Å². The van der Waals surface area contributed by atoms with E-state index < -0.39 is 11.8 Å². The molecule has 0 aliphatic heterocycles. The van der Waals surface area contributed by atoms with Crippen LogP contribution in [0.15, 0.2) is 84.2 Å². The number of halogens is 1. The molecule has 1 heterocycles. The Morgan fingerprint density at radius 1 is 0.917 bits per heavy atom. The minimum absolute atomic E-state index is 0.187. The van der Waals surface area contributed by atoms with Crippen LogP contribution in [0.5, 0.6) is 5.75 Å². The number of hydrogen-bond acceptors (Lipinski definition) is 6. The first-order valence-electron chi connectivity index (χ1n) is 11.4. The normalized spacial score (nSPS) is 10.6. The van der Waals surface area contributed by atoms with Crippen molar-refractivity contribution in [1.82, 2.24) is 9.88 Å². The number of esters is 1. The molecule has 0 N–H and O–H groups in total. The molecule has 0 bridgehead atoms. The summed E-state index contributed by atoms with van der Waals surface area (Å²) in [6.45, 7) is 2.93. The average Bonchev–Trinajstić information content (AvgIpc) is 3.37. The number of nitrogens with zero attached hydrogens (tertiary/aromatic N) is 2. The predicted octanol–water partition coefficient (Wildman–Crippen LogP) is 5.88. The lowest BCUT2D eigenvalue weighted by Gasteiger charge is -2.22.